The first-order valence-corrected chi connectivity index (χ1v) is 8.30. The standard InChI is InChI=1S/C19H17ClN4O2/c1-12-9-13(18(25)21-2)3-8-17(12)23-19(26)14-10-22-24(11-14)16-6-4-15(20)5-7-16/h3-11H,1-2H3,(H,21,25)(H,23,26). The second-order valence-electron chi connectivity index (χ2n) is 5.71. The normalized spacial score (nSPS) is 10.4. The molecule has 7 heteroatoms. The van der Waals surface area contributed by atoms with Crippen molar-refractivity contribution in [1.29, 1.82) is 0 Å². The zero-order valence-corrected chi connectivity index (χ0v) is 15.0. The van der Waals surface area contributed by atoms with Crippen LogP contribution in [-0.2, 0) is 0 Å². The molecule has 2 N–H and O–H groups in total. The average molecular weight is 369 g/mol. The summed E-state index contributed by atoms with van der Waals surface area (Å²) in [6, 6.07) is 12.3. The number of nitrogens with one attached hydrogen (secondary N) is 2. The van der Waals surface area contributed by atoms with Crippen LogP contribution in [0.1, 0.15) is 26.3 Å². The van der Waals surface area contributed by atoms with Crippen molar-refractivity contribution in [2.45, 2.75) is 6.92 Å². The smallest absolute Gasteiger partial charge is 0.258 e. The lowest BCUT2D eigenvalue weighted by Crippen LogP contribution is -2.18. The molecule has 0 aliphatic carbocycles. The topological polar surface area (TPSA) is 76.0 Å². The molecular weight excluding hydrogens is 352 g/mol. The zero-order chi connectivity index (χ0) is 18.7. The minimum absolute atomic E-state index is 0.171. The Labute approximate surface area is 155 Å². The third kappa shape index (κ3) is 3.75. The van der Waals surface area contributed by atoms with Gasteiger partial charge in [0, 0.05) is 29.5 Å². The van der Waals surface area contributed by atoms with Crippen LogP contribution >= 0.6 is 11.6 Å². The minimum atomic E-state index is -0.277. The van der Waals surface area contributed by atoms with Gasteiger partial charge in [0.15, 0.2) is 0 Å². The zero-order valence-electron chi connectivity index (χ0n) is 14.3. The first kappa shape index (κ1) is 17.7. The molecule has 3 aromatic rings. The molecule has 0 bridgehead atoms. The van der Waals surface area contributed by atoms with E-state index in [1.54, 1.807) is 48.3 Å². The van der Waals surface area contributed by atoms with E-state index >= 15 is 0 Å². The molecule has 0 saturated heterocycles. The van der Waals surface area contributed by atoms with Gasteiger partial charge in [-0.3, -0.25) is 9.59 Å². The maximum atomic E-state index is 12.5. The molecule has 0 aliphatic heterocycles. The number of hydrogen-bond donors (Lipinski definition) is 2. The molecule has 0 atom stereocenters. The molecule has 2 amide bonds. The Bertz CT molecular complexity index is 964. The molecule has 0 radical (unpaired) electrons. The van der Waals surface area contributed by atoms with Crippen molar-refractivity contribution in [3.05, 3.63) is 76.6 Å². The average Bonchev–Trinajstić information content (AvgIpc) is 3.13. The maximum absolute atomic E-state index is 12.5. The van der Waals surface area contributed by atoms with Gasteiger partial charge in [0.05, 0.1) is 17.4 Å². The van der Waals surface area contributed by atoms with Crippen molar-refractivity contribution in [2.24, 2.45) is 0 Å². The molecule has 0 saturated carbocycles. The van der Waals surface area contributed by atoms with Crippen LogP contribution in [0.25, 0.3) is 5.69 Å². The highest BCUT2D eigenvalue weighted by Crippen LogP contribution is 2.18. The summed E-state index contributed by atoms with van der Waals surface area (Å²) in [4.78, 5) is 24.1. The molecule has 1 aromatic heterocycles. The predicted molar refractivity (Wildman–Crippen MR) is 101 cm³/mol. The van der Waals surface area contributed by atoms with Crippen molar-refractivity contribution in [3.63, 3.8) is 0 Å². The van der Waals surface area contributed by atoms with E-state index in [2.05, 4.69) is 15.7 Å². The Morgan fingerprint density at radius 1 is 1.04 bits per heavy atom. The molecule has 2 aromatic carbocycles. The van der Waals surface area contributed by atoms with E-state index < -0.39 is 0 Å². The van der Waals surface area contributed by atoms with Gasteiger partial charge in [0.1, 0.15) is 0 Å². The van der Waals surface area contributed by atoms with Gasteiger partial charge in [-0.2, -0.15) is 5.10 Å². The second-order valence-corrected chi connectivity index (χ2v) is 6.15. The molecule has 0 fully saturated rings. The van der Waals surface area contributed by atoms with E-state index in [4.69, 9.17) is 11.6 Å². The third-order valence-corrected chi connectivity index (χ3v) is 4.15. The van der Waals surface area contributed by atoms with Crippen molar-refractivity contribution in [2.75, 3.05) is 12.4 Å². The largest absolute Gasteiger partial charge is 0.355 e. The predicted octanol–water partition coefficient (Wildman–Crippen LogP) is 3.45. The molecule has 26 heavy (non-hydrogen) atoms. The molecule has 0 unspecified atom stereocenters. The molecule has 0 spiro atoms. The number of amides is 2. The summed E-state index contributed by atoms with van der Waals surface area (Å²) >= 11 is 5.88. The molecule has 1 heterocycles. The van der Waals surface area contributed by atoms with Gasteiger partial charge in [-0.1, -0.05) is 11.6 Å². The summed E-state index contributed by atoms with van der Waals surface area (Å²) < 4.78 is 1.60. The molecular formula is C19H17ClN4O2. The summed E-state index contributed by atoms with van der Waals surface area (Å²) in [6.45, 7) is 1.83. The van der Waals surface area contributed by atoms with Crippen LogP contribution in [0.3, 0.4) is 0 Å². The fourth-order valence-corrected chi connectivity index (χ4v) is 2.59. The lowest BCUT2D eigenvalue weighted by molar-refractivity contribution is 0.0962. The van der Waals surface area contributed by atoms with Crippen LogP contribution in [0.15, 0.2) is 54.9 Å². The monoisotopic (exact) mass is 368 g/mol. The number of hydrogen-bond acceptors (Lipinski definition) is 3. The first-order valence-electron chi connectivity index (χ1n) is 7.92. The van der Waals surface area contributed by atoms with Crippen LogP contribution < -0.4 is 10.6 Å². The fraction of sp³-hybridized carbons (Fsp3) is 0.105. The number of aryl methyl sites for hydroxylation is 1. The summed E-state index contributed by atoms with van der Waals surface area (Å²) in [6.07, 6.45) is 3.14. The van der Waals surface area contributed by atoms with Gasteiger partial charge in [-0.05, 0) is 55.0 Å². The number of anilines is 1. The summed E-state index contributed by atoms with van der Waals surface area (Å²) in [7, 11) is 1.58. The van der Waals surface area contributed by atoms with Crippen LogP contribution in [0.5, 0.6) is 0 Å². The SMILES string of the molecule is CNC(=O)c1ccc(NC(=O)c2cnn(-c3ccc(Cl)cc3)c2)c(C)c1. The number of carbonyl (C=O) groups excluding carboxylic acids is 2. The van der Waals surface area contributed by atoms with Crippen molar-refractivity contribution < 1.29 is 9.59 Å². The van der Waals surface area contributed by atoms with Gasteiger partial charge >= 0.3 is 0 Å². The van der Waals surface area contributed by atoms with Crippen molar-refractivity contribution >= 4 is 29.1 Å². The second kappa shape index (κ2) is 7.41. The lowest BCUT2D eigenvalue weighted by atomic mass is 10.1. The summed E-state index contributed by atoms with van der Waals surface area (Å²) in [5, 5.41) is 10.3. The van der Waals surface area contributed by atoms with E-state index in [9.17, 15) is 9.59 Å². The maximum Gasteiger partial charge on any atom is 0.258 e. The number of carbonyl (C=O) groups is 2. The van der Waals surface area contributed by atoms with Gasteiger partial charge < -0.3 is 10.6 Å². The Kier molecular flexibility index (Phi) is 5.04. The molecule has 0 aliphatic rings. The van der Waals surface area contributed by atoms with E-state index in [0.717, 1.165) is 11.3 Å². The van der Waals surface area contributed by atoms with Gasteiger partial charge in [0.25, 0.3) is 11.8 Å². The van der Waals surface area contributed by atoms with E-state index in [1.807, 2.05) is 19.1 Å². The van der Waals surface area contributed by atoms with Gasteiger partial charge in [-0.15, -0.1) is 0 Å². The first-order chi connectivity index (χ1) is 12.5. The molecule has 132 valence electrons. The molecule has 6 nitrogen and oxygen atoms in total. The van der Waals surface area contributed by atoms with Crippen LogP contribution in [0.2, 0.25) is 5.02 Å². The summed E-state index contributed by atoms with van der Waals surface area (Å²) in [5.74, 6) is -0.448. The lowest BCUT2D eigenvalue weighted by Gasteiger charge is -2.09. The van der Waals surface area contributed by atoms with E-state index in [-0.39, 0.29) is 11.8 Å². The number of rotatable bonds is 4. The number of aromatic nitrogens is 2. The van der Waals surface area contributed by atoms with Crippen molar-refractivity contribution in [1.82, 2.24) is 15.1 Å². The van der Waals surface area contributed by atoms with Crippen LogP contribution in [-0.4, -0.2) is 28.6 Å². The number of benzene rings is 2. The number of halogens is 1. The highest BCUT2D eigenvalue weighted by atomic mass is 35.5. The Morgan fingerprint density at radius 3 is 2.42 bits per heavy atom. The van der Waals surface area contributed by atoms with E-state index in [0.29, 0.717) is 21.8 Å². The third-order valence-electron chi connectivity index (χ3n) is 3.90. The minimum Gasteiger partial charge on any atom is -0.355 e. The Balaban J connectivity index is 1.76. The van der Waals surface area contributed by atoms with Gasteiger partial charge in [-0.25, -0.2) is 4.68 Å². The van der Waals surface area contributed by atoms with Crippen LogP contribution in [0, 0.1) is 6.92 Å². The van der Waals surface area contributed by atoms with Crippen molar-refractivity contribution in [3.8, 4) is 5.69 Å². The fourth-order valence-electron chi connectivity index (χ4n) is 2.46. The Morgan fingerprint density at radius 2 is 1.77 bits per heavy atom. The summed E-state index contributed by atoms with van der Waals surface area (Å²) in [5.41, 5.74) is 3.21. The number of nitrogens with zero attached hydrogens (tertiary/aromatic N) is 2. The highest BCUT2D eigenvalue weighted by molar-refractivity contribution is 6.30. The highest BCUT2D eigenvalue weighted by Gasteiger charge is 2.12. The van der Waals surface area contributed by atoms with Gasteiger partial charge in [0.2, 0.25) is 0 Å². The van der Waals surface area contributed by atoms with Crippen LogP contribution in [0.4, 0.5) is 5.69 Å². The Hall–Kier alpha value is -3.12. The van der Waals surface area contributed by atoms with E-state index in [1.165, 1.54) is 6.20 Å². The quantitative estimate of drug-likeness (QED) is 0.740. The molecule has 3 rings (SSSR count).